The van der Waals surface area contributed by atoms with E-state index in [0.717, 1.165) is 23.4 Å². The van der Waals surface area contributed by atoms with E-state index in [2.05, 4.69) is 20.8 Å². The van der Waals surface area contributed by atoms with Crippen molar-refractivity contribution in [2.45, 2.75) is 26.3 Å². The van der Waals surface area contributed by atoms with Gasteiger partial charge in [-0.15, -0.1) is 0 Å². The molecule has 3 rings (SSSR count). The molecule has 2 aromatic heterocycles. The third kappa shape index (κ3) is 3.88. The zero-order valence-electron chi connectivity index (χ0n) is 14.6. The molecule has 0 aliphatic rings. The van der Waals surface area contributed by atoms with E-state index >= 15 is 0 Å². The Morgan fingerprint density at radius 3 is 2.80 bits per heavy atom. The average Bonchev–Trinajstić information content (AvgIpc) is 3.25. The zero-order chi connectivity index (χ0) is 17.8. The van der Waals surface area contributed by atoms with Gasteiger partial charge < -0.3 is 5.32 Å². The van der Waals surface area contributed by atoms with E-state index in [4.69, 9.17) is 0 Å². The van der Waals surface area contributed by atoms with Gasteiger partial charge in [0.2, 0.25) is 0 Å². The summed E-state index contributed by atoms with van der Waals surface area (Å²) < 4.78 is 3.46. The van der Waals surface area contributed by atoms with Crippen molar-refractivity contribution in [3.63, 3.8) is 0 Å². The van der Waals surface area contributed by atoms with Crippen molar-refractivity contribution in [3.8, 4) is 5.69 Å². The van der Waals surface area contributed by atoms with Crippen LogP contribution < -0.4 is 10.6 Å². The van der Waals surface area contributed by atoms with Gasteiger partial charge in [-0.2, -0.15) is 10.2 Å². The van der Waals surface area contributed by atoms with Gasteiger partial charge in [0.1, 0.15) is 5.82 Å². The van der Waals surface area contributed by atoms with E-state index in [0.29, 0.717) is 5.82 Å². The van der Waals surface area contributed by atoms with Gasteiger partial charge in [-0.05, 0) is 37.1 Å². The number of carbonyl (C=O) groups excluding carboxylic acids is 1. The lowest BCUT2D eigenvalue weighted by Crippen LogP contribution is -2.31. The Bertz CT molecular complexity index is 852. The molecule has 1 atom stereocenters. The number of hydrogen-bond acceptors (Lipinski definition) is 3. The summed E-state index contributed by atoms with van der Waals surface area (Å²) >= 11 is 0. The van der Waals surface area contributed by atoms with Crippen LogP contribution in [0.15, 0.2) is 48.8 Å². The Kier molecular flexibility index (Phi) is 4.83. The molecule has 0 fully saturated rings. The lowest BCUT2D eigenvalue weighted by Gasteiger charge is -2.16. The standard InChI is InChI=1S/C18H22N6O/c1-4-15-12-17(23(3)22-15)21-18(25)20-13(2)14-7-5-8-16(11-14)24-10-6-9-19-24/h5-13H,4H2,1-3H3,(H2,20,21,25)/t13-/m0/s1. The molecule has 2 amide bonds. The zero-order valence-corrected chi connectivity index (χ0v) is 14.6. The number of nitrogens with one attached hydrogen (secondary N) is 2. The van der Waals surface area contributed by atoms with E-state index in [1.165, 1.54) is 0 Å². The summed E-state index contributed by atoms with van der Waals surface area (Å²) in [6, 6.07) is 11.3. The van der Waals surface area contributed by atoms with Gasteiger partial charge in [0.25, 0.3) is 0 Å². The number of hydrogen-bond donors (Lipinski definition) is 2. The number of anilines is 1. The summed E-state index contributed by atoms with van der Waals surface area (Å²) in [5, 5.41) is 14.3. The third-order valence-electron chi connectivity index (χ3n) is 4.02. The van der Waals surface area contributed by atoms with Gasteiger partial charge in [-0.3, -0.25) is 10.00 Å². The van der Waals surface area contributed by atoms with Gasteiger partial charge in [0, 0.05) is 25.5 Å². The van der Waals surface area contributed by atoms with Crippen LogP contribution in [0.4, 0.5) is 10.6 Å². The van der Waals surface area contributed by atoms with Gasteiger partial charge in [-0.25, -0.2) is 9.48 Å². The van der Waals surface area contributed by atoms with Crippen molar-refractivity contribution in [1.82, 2.24) is 24.9 Å². The van der Waals surface area contributed by atoms with Crippen LogP contribution in [-0.2, 0) is 13.5 Å². The van der Waals surface area contributed by atoms with Crippen LogP contribution in [0.1, 0.15) is 31.1 Å². The van der Waals surface area contributed by atoms with Crippen LogP contribution in [0.25, 0.3) is 5.69 Å². The Balaban J connectivity index is 1.67. The van der Waals surface area contributed by atoms with Crippen LogP contribution in [0.3, 0.4) is 0 Å². The van der Waals surface area contributed by atoms with Gasteiger partial charge in [0.05, 0.1) is 17.4 Å². The fourth-order valence-corrected chi connectivity index (χ4v) is 2.61. The van der Waals surface area contributed by atoms with E-state index in [9.17, 15) is 4.79 Å². The first-order valence-electron chi connectivity index (χ1n) is 8.27. The molecule has 2 N–H and O–H groups in total. The maximum absolute atomic E-state index is 12.3. The minimum absolute atomic E-state index is 0.144. The molecule has 7 nitrogen and oxygen atoms in total. The fourth-order valence-electron chi connectivity index (χ4n) is 2.61. The minimum atomic E-state index is -0.261. The normalized spacial score (nSPS) is 12.0. The van der Waals surface area contributed by atoms with Crippen molar-refractivity contribution in [2.24, 2.45) is 7.05 Å². The van der Waals surface area contributed by atoms with Crippen LogP contribution in [0, 0.1) is 0 Å². The molecule has 0 saturated carbocycles. The number of urea groups is 1. The number of aromatic nitrogens is 4. The highest BCUT2D eigenvalue weighted by Crippen LogP contribution is 2.17. The lowest BCUT2D eigenvalue weighted by atomic mass is 10.1. The van der Waals surface area contributed by atoms with Gasteiger partial charge in [0.15, 0.2) is 0 Å². The number of aryl methyl sites for hydroxylation is 2. The first kappa shape index (κ1) is 16.8. The second kappa shape index (κ2) is 7.21. The van der Waals surface area contributed by atoms with Gasteiger partial charge >= 0.3 is 6.03 Å². The van der Waals surface area contributed by atoms with Crippen LogP contribution in [-0.4, -0.2) is 25.6 Å². The molecule has 0 saturated heterocycles. The van der Waals surface area contributed by atoms with E-state index < -0.39 is 0 Å². The summed E-state index contributed by atoms with van der Waals surface area (Å²) in [6.45, 7) is 3.98. The summed E-state index contributed by atoms with van der Waals surface area (Å²) in [4.78, 5) is 12.3. The first-order chi connectivity index (χ1) is 12.1. The summed E-state index contributed by atoms with van der Waals surface area (Å²) in [5.74, 6) is 0.673. The molecule has 2 heterocycles. The third-order valence-corrected chi connectivity index (χ3v) is 4.02. The van der Waals surface area contributed by atoms with E-state index in [-0.39, 0.29) is 12.1 Å². The number of nitrogens with zero attached hydrogens (tertiary/aromatic N) is 4. The highest BCUT2D eigenvalue weighted by Gasteiger charge is 2.12. The van der Waals surface area contributed by atoms with Crippen molar-refractivity contribution in [3.05, 3.63) is 60.0 Å². The van der Waals surface area contributed by atoms with Crippen molar-refractivity contribution in [2.75, 3.05) is 5.32 Å². The average molecular weight is 338 g/mol. The topological polar surface area (TPSA) is 76.8 Å². The summed E-state index contributed by atoms with van der Waals surface area (Å²) in [6.07, 6.45) is 4.45. The molecule has 25 heavy (non-hydrogen) atoms. The molecule has 1 aromatic carbocycles. The molecule has 0 unspecified atom stereocenters. The predicted octanol–water partition coefficient (Wildman–Crippen LogP) is 3.05. The molecular weight excluding hydrogens is 316 g/mol. The number of amides is 2. The van der Waals surface area contributed by atoms with Crippen LogP contribution in [0.2, 0.25) is 0 Å². The lowest BCUT2D eigenvalue weighted by molar-refractivity contribution is 0.249. The molecule has 3 aromatic rings. The minimum Gasteiger partial charge on any atom is -0.331 e. The number of rotatable bonds is 5. The molecule has 0 bridgehead atoms. The molecule has 130 valence electrons. The van der Waals surface area contributed by atoms with E-state index in [1.54, 1.807) is 15.6 Å². The molecule has 7 heteroatoms. The second-order valence-corrected chi connectivity index (χ2v) is 5.86. The Hall–Kier alpha value is -3.09. The molecule has 0 spiro atoms. The highest BCUT2D eigenvalue weighted by atomic mass is 16.2. The van der Waals surface area contributed by atoms with Crippen molar-refractivity contribution in [1.29, 1.82) is 0 Å². The summed E-state index contributed by atoms with van der Waals surface area (Å²) in [5.41, 5.74) is 2.90. The van der Waals surface area contributed by atoms with Gasteiger partial charge in [-0.1, -0.05) is 19.1 Å². The number of benzene rings is 1. The SMILES string of the molecule is CCc1cc(NC(=O)N[C@@H](C)c2cccc(-n3cccn3)c2)n(C)n1. The largest absolute Gasteiger partial charge is 0.331 e. The molecule has 0 aliphatic heterocycles. The molecule has 0 radical (unpaired) electrons. The smallest absolute Gasteiger partial charge is 0.320 e. The van der Waals surface area contributed by atoms with Crippen molar-refractivity contribution >= 4 is 11.8 Å². The molecular formula is C18H22N6O. The van der Waals surface area contributed by atoms with Crippen LogP contribution >= 0.6 is 0 Å². The van der Waals surface area contributed by atoms with Crippen molar-refractivity contribution < 1.29 is 4.79 Å². The number of carbonyl (C=O) groups is 1. The maximum Gasteiger partial charge on any atom is 0.320 e. The first-order valence-corrected chi connectivity index (χ1v) is 8.27. The predicted molar refractivity (Wildman–Crippen MR) is 96.7 cm³/mol. The summed E-state index contributed by atoms with van der Waals surface area (Å²) in [7, 11) is 1.81. The fraction of sp³-hybridized carbons (Fsp3) is 0.278. The highest BCUT2D eigenvalue weighted by molar-refractivity contribution is 5.88. The second-order valence-electron chi connectivity index (χ2n) is 5.86. The quantitative estimate of drug-likeness (QED) is 0.750. The Morgan fingerprint density at radius 1 is 1.28 bits per heavy atom. The molecule has 0 aliphatic carbocycles. The Labute approximate surface area is 146 Å². The van der Waals surface area contributed by atoms with Crippen LogP contribution in [0.5, 0.6) is 0 Å². The van der Waals surface area contributed by atoms with E-state index in [1.807, 2.05) is 63.5 Å². The maximum atomic E-state index is 12.3. The monoisotopic (exact) mass is 338 g/mol. The Morgan fingerprint density at radius 2 is 2.12 bits per heavy atom.